The van der Waals surface area contributed by atoms with Gasteiger partial charge in [-0.05, 0) is 49.6 Å². The van der Waals surface area contributed by atoms with Crippen LogP contribution in [0.5, 0.6) is 0 Å². The molecule has 0 spiro atoms. The van der Waals surface area contributed by atoms with Gasteiger partial charge >= 0.3 is 0 Å². The molecule has 0 fully saturated rings. The van der Waals surface area contributed by atoms with E-state index in [4.69, 9.17) is 0 Å². The Labute approximate surface area is 129 Å². The molecule has 0 saturated heterocycles. The number of hydrogen-bond acceptors (Lipinski definition) is 2. The molecular weight excluding hydrogens is 308 g/mol. The fraction of sp³-hybridized carbons (Fsp3) is 0.250. The minimum atomic E-state index is -3.56. The smallest absolute Gasteiger partial charge is 0.208 e. The summed E-state index contributed by atoms with van der Waals surface area (Å²) in [4.78, 5) is 0.203. The highest BCUT2D eigenvalue weighted by molar-refractivity contribution is 7.89. The van der Waals surface area contributed by atoms with Crippen LogP contribution in [0, 0.1) is 11.6 Å². The van der Waals surface area contributed by atoms with Crippen LogP contribution in [0.1, 0.15) is 18.9 Å². The third-order valence-electron chi connectivity index (χ3n) is 3.26. The molecule has 0 amide bonds. The van der Waals surface area contributed by atoms with E-state index in [1.54, 1.807) is 25.1 Å². The molecule has 0 aliphatic heterocycles. The van der Waals surface area contributed by atoms with E-state index in [1.165, 1.54) is 18.2 Å². The van der Waals surface area contributed by atoms with Gasteiger partial charge in [0.2, 0.25) is 10.0 Å². The Bertz CT molecular complexity index is 733. The Morgan fingerprint density at radius 3 is 2.36 bits per heavy atom. The summed E-state index contributed by atoms with van der Waals surface area (Å²) >= 11 is 0. The summed E-state index contributed by atoms with van der Waals surface area (Å²) in [6, 6.07) is 11.5. The molecule has 1 atom stereocenters. The number of halogens is 2. The first-order valence-corrected chi connectivity index (χ1v) is 8.38. The first-order chi connectivity index (χ1) is 10.4. The van der Waals surface area contributed by atoms with Crippen LogP contribution in [-0.4, -0.2) is 14.5 Å². The van der Waals surface area contributed by atoms with E-state index >= 15 is 0 Å². The van der Waals surface area contributed by atoms with Gasteiger partial charge in [-0.1, -0.05) is 24.3 Å². The van der Waals surface area contributed by atoms with Crippen molar-refractivity contribution in [1.29, 1.82) is 0 Å². The van der Waals surface area contributed by atoms with Crippen LogP contribution in [0.15, 0.2) is 53.4 Å². The lowest BCUT2D eigenvalue weighted by Gasteiger charge is -2.14. The summed E-state index contributed by atoms with van der Waals surface area (Å²) in [6.07, 6.45) is 0.937. The molecule has 2 aromatic carbocycles. The number of benzene rings is 2. The fourth-order valence-electron chi connectivity index (χ4n) is 2.07. The van der Waals surface area contributed by atoms with Gasteiger partial charge in [-0.25, -0.2) is 21.9 Å². The number of rotatable bonds is 6. The summed E-state index contributed by atoms with van der Waals surface area (Å²) in [5.74, 6) is -1.78. The van der Waals surface area contributed by atoms with E-state index in [-0.39, 0.29) is 10.9 Å². The average molecular weight is 325 g/mol. The zero-order valence-corrected chi connectivity index (χ0v) is 12.9. The van der Waals surface area contributed by atoms with Crippen molar-refractivity contribution in [3.63, 3.8) is 0 Å². The van der Waals surface area contributed by atoms with Crippen molar-refractivity contribution in [3.05, 3.63) is 65.7 Å². The predicted octanol–water partition coefficient (Wildman–Crippen LogP) is 3.26. The molecule has 1 N–H and O–H groups in total. The van der Waals surface area contributed by atoms with Crippen molar-refractivity contribution in [2.24, 2.45) is 0 Å². The molecule has 2 rings (SSSR count). The van der Waals surface area contributed by atoms with Crippen LogP contribution in [0.25, 0.3) is 0 Å². The maximum atomic E-state index is 13.1. The molecule has 0 aromatic heterocycles. The van der Waals surface area contributed by atoms with Crippen LogP contribution < -0.4 is 4.72 Å². The van der Waals surface area contributed by atoms with Crippen molar-refractivity contribution >= 4 is 10.0 Å². The highest BCUT2D eigenvalue weighted by atomic mass is 32.2. The number of nitrogens with one attached hydrogen (secondary N) is 1. The molecule has 0 saturated carbocycles. The summed E-state index contributed by atoms with van der Waals surface area (Å²) < 4.78 is 52.8. The third kappa shape index (κ3) is 4.35. The van der Waals surface area contributed by atoms with E-state index in [0.717, 1.165) is 12.1 Å². The highest BCUT2D eigenvalue weighted by Gasteiger charge is 2.16. The molecule has 0 radical (unpaired) electrons. The molecule has 1 unspecified atom stereocenters. The van der Waals surface area contributed by atoms with E-state index in [2.05, 4.69) is 4.72 Å². The Hall–Kier alpha value is -1.79. The van der Waals surface area contributed by atoms with Gasteiger partial charge in [0.25, 0.3) is 0 Å². The van der Waals surface area contributed by atoms with Crippen LogP contribution in [-0.2, 0) is 16.4 Å². The zero-order chi connectivity index (χ0) is 16.2. The monoisotopic (exact) mass is 325 g/mol. The molecule has 6 heteroatoms. The lowest BCUT2D eigenvalue weighted by molar-refractivity contribution is 0.505. The van der Waals surface area contributed by atoms with Gasteiger partial charge in [-0.2, -0.15) is 0 Å². The summed E-state index contributed by atoms with van der Waals surface area (Å²) in [6.45, 7) is 1.74. The third-order valence-corrected chi connectivity index (χ3v) is 4.87. The first kappa shape index (κ1) is 16.6. The number of sulfonamides is 1. The van der Waals surface area contributed by atoms with Crippen molar-refractivity contribution < 1.29 is 17.2 Å². The normalized spacial score (nSPS) is 13.0. The highest BCUT2D eigenvalue weighted by Crippen LogP contribution is 2.13. The molecule has 3 nitrogen and oxygen atoms in total. The predicted molar refractivity (Wildman–Crippen MR) is 80.9 cm³/mol. The van der Waals surface area contributed by atoms with Gasteiger partial charge in [0.1, 0.15) is 0 Å². The van der Waals surface area contributed by atoms with E-state index in [1.807, 2.05) is 0 Å². The van der Waals surface area contributed by atoms with Crippen LogP contribution in [0.3, 0.4) is 0 Å². The minimum absolute atomic E-state index is 0.203. The quantitative estimate of drug-likeness (QED) is 0.886. The Morgan fingerprint density at radius 1 is 1.05 bits per heavy atom. The zero-order valence-electron chi connectivity index (χ0n) is 12.1. The second-order valence-corrected chi connectivity index (χ2v) is 6.84. The number of hydrogen-bond donors (Lipinski definition) is 1. The fourth-order valence-corrected chi connectivity index (χ4v) is 3.37. The average Bonchev–Trinajstić information content (AvgIpc) is 2.49. The summed E-state index contributed by atoms with van der Waals surface area (Å²) in [5.41, 5.74) is 0.629. The van der Waals surface area contributed by atoms with Crippen LogP contribution in [0.4, 0.5) is 8.78 Å². The largest absolute Gasteiger partial charge is 0.240 e. The standard InChI is InChI=1S/C16H17F2NO2S/c1-12(7-8-13-9-10-15(17)16(18)11-13)19-22(20,21)14-5-3-2-4-6-14/h2-6,9-12,19H,7-8H2,1H3. The maximum Gasteiger partial charge on any atom is 0.240 e. The topological polar surface area (TPSA) is 46.2 Å². The Kier molecular flexibility index (Phi) is 5.26. The molecule has 0 heterocycles. The SMILES string of the molecule is CC(CCc1ccc(F)c(F)c1)NS(=O)(=O)c1ccccc1. The summed E-state index contributed by atoms with van der Waals surface area (Å²) in [7, 11) is -3.56. The van der Waals surface area contributed by atoms with Crippen molar-refractivity contribution in [2.75, 3.05) is 0 Å². The second kappa shape index (κ2) is 6.98. The van der Waals surface area contributed by atoms with Gasteiger partial charge in [0.05, 0.1) is 4.90 Å². The number of aryl methyl sites for hydroxylation is 1. The molecule has 0 aliphatic carbocycles. The molecular formula is C16H17F2NO2S. The first-order valence-electron chi connectivity index (χ1n) is 6.90. The van der Waals surface area contributed by atoms with Crippen molar-refractivity contribution in [2.45, 2.75) is 30.7 Å². The minimum Gasteiger partial charge on any atom is -0.208 e. The molecule has 118 valence electrons. The van der Waals surface area contributed by atoms with Gasteiger partial charge in [-0.15, -0.1) is 0 Å². The van der Waals surface area contributed by atoms with Crippen LogP contribution in [0.2, 0.25) is 0 Å². The summed E-state index contributed by atoms with van der Waals surface area (Å²) in [5, 5.41) is 0. The maximum absolute atomic E-state index is 13.1. The lowest BCUT2D eigenvalue weighted by Crippen LogP contribution is -2.32. The van der Waals surface area contributed by atoms with Crippen molar-refractivity contribution in [3.8, 4) is 0 Å². The van der Waals surface area contributed by atoms with E-state index in [0.29, 0.717) is 18.4 Å². The van der Waals surface area contributed by atoms with E-state index in [9.17, 15) is 17.2 Å². The molecule has 22 heavy (non-hydrogen) atoms. The van der Waals surface area contributed by atoms with Crippen molar-refractivity contribution in [1.82, 2.24) is 4.72 Å². The molecule has 0 aliphatic rings. The molecule has 0 bridgehead atoms. The molecule has 2 aromatic rings. The van der Waals surface area contributed by atoms with Gasteiger partial charge in [0.15, 0.2) is 11.6 Å². The Morgan fingerprint density at radius 2 is 1.73 bits per heavy atom. The van der Waals surface area contributed by atoms with Crippen LogP contribution >= 0.6 is 0 Å². The van der Waals surface area contributed by atoms with E-state index < -0.39 is 21.7 Å². The lowest BCUT2D eigenvalue weighted by atomic mass is 10.1. The van der Waals surface area contributed by atoms with Gasteiger partial charge in [-0.3, -0.25) is 0 Å². The van der Waals surface area contributed by atoms with Gasteiger partial charge < -0.3 is 0 Å². The van der Waals surface area contributed by atoms with Gasteiger partial charge in [0, 0.05) is 6.04 Å². The Balaban J connectivity index is 1.95. The second-order valence-electron chi connectivity index (χ2n) is 5.12.